The van der Waals surface area contributed by atoms with Crippen molar-refractivity contribution in [2.45, 2.75) is 57.0 Å². The van der Waals surface area contributed by atoms with Gasteiger partial charge in [0.25, 0.3) is 0 Å². The average Bonchev–Trinajstić information content (AvgIpc) is 2.65. The second-order valence-electron chi connectivity index (χ2n) is 7.27. The Hall–Kier alpha value is -2.38. The van der Waals surface area contributed by atoms with Crippen LogP contribution in [0, 0.1) is 11.6 Å². The van der Waals surface area contributed by atoms with Gasteiger partial charge in [0.1, 0.15) is 11.6 Å². The third-order valence-corrected chi connectivity index (χ3v) is 5.23. The van der Waals surface area contributed by atoms with Crippen molar-refractivity contribution >= 4 is 17.7 Å². The molecule has 1 aliphatic carbocycles. The fourth-order valence-electron chi connectivity index (χ4n) is 3.67. The van der Waals surface area contributed by atoms with E-state index in [0.29, 0.717) is 25.9 Å². The van der Waals surface area contributed by atoms with E-state index in [0.717, 1.165) is 25.0 Å². The molecule has 148 valence electrons. The van der Waals surface area contributed by atoms with E-state index in [-0.39, 0.29) is 23.8 Å². The molecule has 4 amide bonds. The Balaban J connectivity index is 1.40. The molecule has 1 aromatic carbocycles. The zero-order chi connectivity index (χ0) is 19.2. The van der Waals surface area contributed by atoms with Crippen molar-refractivity contribution in [2.75, 3.05) is 18.4 Å². The van der Waals surface area contributed by atoms with Gasteiger partial charge in [0, 0.05) is 31.2 Å². The van der Waals surface area contributed by atoms with Crippen LogP contribution in [0.15, 0.2) is 18.2 Å². The van der Waals surface area contributed by atoms with Gasteiger partial charge in [-0.05, 0) is 37.8 Å². The van der Waals surface area contributed by atoms with Gasteiger partial charge >= 0.3 is 12.1 Å². The first-order valence-electron chi connectivity index (χ1n) is 9.59. The number of carbonyl (C=O) groups excluding carboxylic acids is 2. The molecule has 1 aromatic rings. The number of nitrogens with one attached hydrogen (secondary N) is 3. The standard InChI is InChI=1S/C19H26F2N4O2/c20-13-6-7-17(16(21)12-13)24-18(26)22-15-8-10-25(11-9-15)19(27)23-14-4-2-1-3-5-14/h6-7,12,14-15H,1-5,8-11H2,(H,23,27)(H2,22,24,26). The zero-order valence-corrected chi connectivity index (χ0v) is 15.3. The Labute approximate surface area is 157 Å². The van der Waals surface area contributed by atoms with Crippen LogP contribution in [0.3, 0.4) is 0 Å². The lowest BCUT2D eigenvalue weighted by molar-refractivity contribution is 0.170. The third-order valence-electron chi connectivity index (χ3n) is 5.23. The molecular weight excluding hydrogens is 354 g/mol. The number of nitrogens with zero attached hydrogens (tertiary/aromatic N) is 1. The lowest BCUT2D eigenvalue weighted by Gasteiger charge is -2.34. The topological polar surface area (TPSA) is 73.5 Å². The van der Waals surface area contributed by atoms with E-state index in [1.54, 1.807) is 4.90 Å². The number of anilines is 1. The number of urea groups is 2. The Kier molecular flexibility index (Phi) is 6.47. The lowest BCUT2D eigenvalue weighted by atomic mass is 9.95. The van der Waals surface area contributed by atoms with Crippen LogP contribution in [-0.4, -0.2) is 42.1 Å². The second kappa shape index (κ2) is 9.01. The summed E-state index contributed by atoms with van der Waals surface area (Å²) in [7, 11) is 0. The van der Waals surface area contributed by atoms with E-state index in [4.69, 9.17) is 0 Å². The van der Waals surface area contributed by atoms with E-state index in [1.165, 1.54) is 25.3 Å². The van der Waals surface area contributed by atoms with Crippen molar-refractivity contribution in [3.63, 3.8) is 0 Å². The summed E-state index contributed by atoms with van der Waals surface area (Å²) in [6, 6.07) is 2.61. The summed E-state index contributed by atoms with van der Waals surface area (Å²) in [5, 5.41) is 8.27. The lowest BCUT2D eigenvalue weighted by Crippen LogP contribution is -2.52. The molecule has 0 atom stereocenters. The summed E-state index contributed by atoms with van der Waals surface area (Å²) in [6.07, 6.45) is 6.94. The van der Waals surface area contributed by atoms with Gasteiger partial charge in [-0.3, -0.25) is 0 Å². The molecule has 1 heterocycles. The maximum atomic E-state index is 13.6. The van der Waals surface area contributed by atoms with Crippen molar-refractivity contribution in [1.82, 2.24) is 15.5 Å². The predicted octanol–water partition coefficient (Wildman–Crippen LogP) is 3.59. The largest absolute Gasteiger partial charge is 0.335 e. The highest BCUT2D eigenvalue weighted by molar-refractivity contribution is 5.89. The Morgan fingerprint density at radius 1 is 0.926 bits per heavy atom. The van der Waals surface area contributed by atoms with Gasteiger partial charge in [0.15, 0.2) is 0 Å². The molecule has 0 radical (unpaired) electrons. The maximum Gasteiger partial charge on any atom is 0.319 e. The summed E-state index contributed by atoms with van der Waals surface area (Å²) in [4.78, 5) is 26.1. The number of piperidine rings is 1. The predicted molar refractivity (Wildman–Crippen MR) is 98.5 cm³/mol. The molecule has 1 saturated heterocycles. The first kappa shape index (κ1) is 19.4. The van der Waals surface area contributed by atoms with Gasteiger partial charge in [-0.15, -0.1) is 0 Å². The molecule has 2 fully saturated rings. The molecule has 1 saturated carbocycles. The summed E-state index contributed by atoms with van der Waals surface area (Å²) in [6.45, 7) is 1.13. The number of halogens is 2. The van der Waals surface area contributed by atoms with Crippen LogP contribution in [0.2, 0.25) is 0 Å². The summed E-state index contributed by atoms with van der Waals surface area (Å²) >= 11 is 0. The highest BCUT2D eigenvalue weighted by Crippen LogP contribution is 2.19. The normalized spacial score (nSPS) is 18.8. The number of benzene rings is 1. The van der Waals surface area contributed by atoms with E-state index in [9.17, 15) is 18.4 Å². The molecule has 0 spiro atoms. The highest BCUT2D eigenvalue weighted by atomic mass is 19.1. The fourth-order valence-corrected chi connectivity index (χ4v) is 3.67. The SMILES string of the molecule is O=C(Nc1ccc(F)cc1F)NC1CCN(C(=O)NC2CCCCC2)CC1. The van der Waals surface area contributed by atoms with Gasteiger partial charge in [0.2, 0.25) is 0 Å². The molecule has 1 aliphatic heterocycles. The summed E-state index contributed by atoms with van der Waals surface area (Å²) < 4.78 is 26.5. The molecule has 2 aliphatic rings. The van der Waals surface area contributed by atoms with Crippen molar-refractivity contribution in [2.24, 2.45) is 0 Å². The molecular formula is C19H26F2N4O2. The molecule has 3 N–H and O–H groups in total. The van der Waals surface area contributed by atoms with Gasteiger partial charge < -0.3 is 20.9 Å². The van der Waals surface area contributed by atoms with E-state index in [2.05, 4.69) is 16.0 Å². The Morgan fingerprint density at radius 3 is 2.26 bits per heavy atom. The van der Waals surface area contributed by atoms with E-state index >= 15 is 0 Å². The first-order chi connectivity index (χ1) is 13.0. The van der Waals surface area contributed by atoms with Crippen LogP contribution >= 0.6 is 0 Å². The molecule has 0 aromatic heterocycles. The summed E-state index contributed by atoms with van der Waals surface area (Å²) in [5.74, 6) is -1.52. The number of carbonyl (C=O) groups is 2. The molecule has 27 heavy (non-hydrogen) atoms. The number of hydrogen-bond acceptors (Lipinski definition) is 2. The monoisotopic (exact) mass is 380 g/mol. The number of likely N-dealkylation sites (tertiary alicyclic amines) is 1. The molecule has 0 bridgehead atoms. The highest BCUT2D eigenvalue weighted by Gasteiger charge is 2.25. The van der Waals surface area contributed by atoms with Crippen LogP contribution in [-0.2, 0) is 0 Å². The van der Waals surface area contributed by atoms with Gasteiger partial charge in [-0.1, -0.05) is 19.3 Å². The molecule has 0 unspecified atom stereocenters. The van der Waals surface area contributed by atoms with Crippen LogP contribution < -0.4 is 16.0 Å². The number of amides is 4. The maximum absolute atomic E-state index is 13.6. The molecule has 6 nitrogen and oxygen atoms in total. The Morgan fingerprint density at radius 2 is 1.59 bits per heavy atom. The van der Waals surface area contributed by atoms with Crippen molar-refractivity contribution < 1.29 is 18.4 Å². The average molecular weight is 380 g/mol. The Bertz CT molecular complexity index is 672. The van der Waals surface area contributed by atoms with Crippen LogP contribution in [0.5, 0.6) is 0 Å². The first-order valence-corrected chi connectivity index (χ1v) is 9.59. The number of hydrogen-bond donors (Lipinski definition) is 3. The minimum Gasteiger partial charge on any atom is -0.335 e. The zero-order valence-electron chi connectivity index (χ0n) is 15.3. The van der Waals surface area contributed by atoms with Crippen molar-refractivity contribution in [3.8, 4) is 0 Å². The fraction of sp³-hybridized carbons (Fsp3) is 0.579. The quantitative estimate of drug-likeness (QED) is 0.750. The van der Waals surface area contributed by atoms with Crippen LogP contribution in [0.1, 0.15) is 44.9 Å². The summed E-state index contributed by atoms with van der Waals surface area (Å²) in [5.41, 5.74) is -0.0711. The van der Waals surface area contributed by atoms with Crippen molar-refractivity contribution in [3.05, 3.63) is 29.8 Å². The van der Waals surface area contributed by atoms with Gasteiger partial charge in [-0.25, -0.2) is 18.4 Å². The van der Waals surface area contributed by atoms with E-state index in [1.807, 2.05) is 0 Å². The minimum atomic E-state index is -0.820. The van der Waals surface area contributed by atoms with Crippen LogP contribution in [0.25, 0.3) is 0 Å². The smallest absolute Gasteiger partial charge is 0.319 e. The van der Waals surface area contributed by atoms with Gasteiger partial charge in [-0.2, -0.15) is 0 Å². The van der Waals surface area contributed by atoms with Crippen LogP contribution in [0.4, 0.5) is 24.1 Å². The number of rotatable bonds is 3. The minimum absolute atomic E-state index is 0.0295. The third kappa shape index (κ3) is 5.55. The van der Waals surface area contributed by atoms with E-state index < -0.39 is 17.7 Å². The molecule has 3 rings (SSSR count). The second-order valence-corrected chi connectivity index (χ2v) is 7.27. The molecule has 8 heteroatoms. The van der Waals surface area contributed by atoms with Crippen molar-refractivity contribution in [1.29, 1.82) is 0 Å². The van der Waals surface area contributed by atoms with Gasteiger partial charge in [0.05, 0.1) is 5.69 Å².